The van der Waals surface area contributed by atoms with Gasteiger partial charge in [0.25, 0.3) is 0 Å². The highest BCUT2D eigenvalue weighted by Gasteiger charge is 2.47. The second-order valence-corrected chi connectivity index (χ2v) is 4.01. The largest absolute Gasteiger partial charge is 0.523 e. The number of carbonyl (C=O) groups excluding carboxylic acids is 1. The van der Waals surface area contributed by atoms with Gasteiger partial charge >= 0.3 is 15.6 Å². The topological polar surface area (TPSA) is 60.4 Å². The van der Waals surface area contributed by atoms with Gasteiger partial charge in [-0.25, -0.2) is 0 Å². The molecule has 15 heavy (non-hydrogen) atoms. The van der Waals surface area contributed by atoms with Crippen LogP contribution in [0.25, 0.3) is 0 Å². The summed E-state index contributed by atoms with van der Waals surface area (Å²) >= 11 is 0. The first-order valence-corrected chi connectivity index (χ1v) is 5.26. The molecule has 0 heterocycles. The molecule has 0 aromatic carbocycles. The molecule has 0 aliphatic carbocycles. The number of hydrogen-bond acceptors (Lipinski definition) is 4. The third-order valence-electron chi connectivity index (χ3n) is 1.26. The van der Waals surface area contributed by atoms with E-state index in [1.165, 1.54) is 0 Å². The van der Waals surface area contributed by atoms with Gasteiger partial charge in [-0.15, -0.1) is 0 Å². The normalized spacial score (nSPS) is 13.3. The van der Waals surface area contributed by atoms with Crippen molar-refractivity contribution in [3.05, 3.63) is 12.2 Å². The average molecular weight is 246 g/mol. The van der Waals surface area contributed by atoms with Gasteiger partial charge in [-0.1, -0.05) is 13.0 Å². The van der Waals surface area contributed by atoms with Crippen molar-refractivity contribution >= 4 is 15.9 Å². The standard InChI is InChI=1S/C7H9F3O4S/c1-2-6(11)4-3-5-14-15(12,13)7(8,9)10/h3-4H,2,5H2,1H3. The Kier molecular flexibility index (Phi) is 4.95. The summed E-state index contributed by atoms with van der Waals surface area (Å²) < 4.78 is 59.2. The molecule has 0 radical (unpaired) electrons. The number of ketones is 1. The van der Waals surface area contributed by atoms with E-state index >= 15 is 0 Å². The molecule has 4 nitrogen and oxygen atoms in total. The molecule has 8 heteroatoms. The predicted molar refractivity (Wildman–Crippen MR) is 45.4 cm³/mol. The van der Waals surface area contributed by atoms with Gasteiger partial charge in [0.05, 0.1) is 6.61 Å². The molecule has 0 rings (SSSR count). The summed E-state index contributed by atoms with van der Waals surface area (Å²) in [5.41, 5.74) is -5.43. The van der Waals surface area contributed by atoms with E-state index in [9.17, 15) is 26.4 Å². The van der Waals surface area contributed by atoms with E-state index in [1.807, 2.05) is 0 Å². The van der Waals surface area contributed by atoms with Crippen molar-refractivity contribution in [2.75, 3.05) is 6.61 Å². The first-order chi connectivity index (χ1) is 6.70. The van der Waals surface area contributed by atoms with Crippen LogP contribution in [0.2, 0.25) is 0 Å². The van der Waals surface area contributed by atoms with E-state index in [1.54, 1.807) is 6.92 Å². The lowest BCUT2D eigenvalue weighted by Crippen LogP contribution is -2.25. The van der Waals surface area contributed by atoms with Crippen LogP contribution in [0.1, 0.15) is 13.3 Å². The lowest BCUT2D eigenvalue weighted by molar-refractivity contribution is -0.114. The summed E-state index contributed by atoms with van der Waals surface area (Å²) in [6.07, 6.45) is 2.06. The Bertz CT molecular complexity index is 342. The van der Waals surface area contributed by atoms with Crippen LogP contribution in [-0.4, -0.2) is 26.3 Å². The summed E-state index contributed by atoms with van der Waals surface area (Å²) in [7, 11) is -5.56. The van der Waals surface area contributed by atoms with Crippen LogP contribution in [0.5, 0.6) is 0 Å². The molecule has 0 unspecified atom stereocenters. The number of carbonyl (C=O) groups is 1. The quantitative estimate of drug-likeness (QED) is 0.418. The fourth-order valence-electron chi connectivity index (χ4n) is 0.493. The molecule has 0 aliphatic rings. The van der Waals surface area contributed by atoms with Crippen LogP contribution >= 0.6 is 0 Å². The molecule has 0 N–H and O–H groups in total. The highest BCUT2D eigenvalue weighted by atomic mass is 32.2. The number of hydrogen-bond donors (Lipinski definition) is 0. The van der Waals surface area contributed by atoms with Gasteiger partial charge in [0.15, 0.2) is 5.78 Å². The van der Waals surface area contributed by atoms with Crippen molar-refractivity contribution in [2.24, 2.45) is 0 Å². The Morgan fingerprint density at radius 3 is 2.33 bits per heavy atom. The molecule has 0 spiro atoms. The number of rotatable bonds is 5. The molecular weight excluding hydrogens is 237 g/mol. The molecule has 0 amide bonds. The van der Waals surface area contributed by atoms with Crippen molar-refractivity contribution < 1.29 is 30.6 Å². The molecule has 88 valence electrons. The van der Waals surface area contributed by atoms with Gasteiger partial charge < -0.3 is 0 Å². The fourth-order valence-corrected chi connectivity index (χ4v) is 0.884. The van der Waals surface area contributed by atoms with E-state index < -0.39 is 22.2 Å². The van der Waals surface area contributed by atoms with Crippen LogP contribution in [0, 0.1) is 0 Å². The summed E-state index contributed by atoms with van der Waals surface area (Å²) in [6.45, 7) is 0.744. The van der Waals surface area contributed by atoms with E-state index in [0.29, 0.717) is 0 Å². The minimum absolute atomic E-state index is 0.183. The summed E-state index contributed by atoms with van der Waals surface area (Å²) in [4.78, 5) is 10.6. The van der Waals surface area contributed by atoms with Crippen molar-refractivity contribution in [3.63, 3.8) is 0 Å². The molecule has 0 fully saturated rings. The fraction of sp³-hybridized carbons (Fsp3) is 0.571. The maximum absolute atomic E-state index is 11.7. The van der Waals surface area contributed by atoms with Gasteiger partial charge in [-0.3, -0.25) is 8.98 Å². The molecule has 0 atom stereocenters. The highest BCUT2D eigenvalue weighted by molar-refractivity contribution is 7.87. The Morgan fingerprint density at radius 2 is 1.93 bits per heavy atom. The SMILES string of the molecule is CCC(=O)C=CCOS(=O)(=O)C(F)(F)F. The molecule has 0 aromatic rings. The van der Waals surface area contributed by atoms with E-state index in [-0.39, 0.29) is 12.2 Å². The molecular formula is C7H9F3O4S. The van der Waals surface area contributed by atoms with Crippen LogP contribution in [0.15, 0.2) is 12.2 Å². The lowest BCUT2D eigenvalue weighted by Gasteiger charge is -2.05. The molecule has 0 saturated heterocycles. The first kappa shape index (κ1) is 14.1. The van der Waals surface area contributed by atoms with Gasteiger partial charge in [0, 0.05) is 6.42 Å². The summed E-state index contributed by atoms with van der Waals surface area (Å²) in [5.74, 6) is -0.331. The Hall–Kier alpha value is -0.890. The second-order valence-electron chi connectivity index (χ2n) is 2.41. The maximum atomic E-state index is 11.7. The number of halogens is 3. The highest BCUT2D eigenvalue weighted by Crippen LogP contribution is 2.24. The Balaban J connectivity index is 4.20. The van der Waals surface area contributed by atoms with Gasteiger partial charge in [0.1, 0.15) is 0 Å². The van der Waals surface area contributed by atoms with E-state index in [2.05, 4.69) is 4.18 Å². The lowest BCUT2D eigenvalue weighted by atomic mass is 10.3. The van der Waals surface area contributed by atoms with Crippen molar-refractivity contribution in [1.82, 2.24) is 0 Å². The maximum Gasteiger partial charge on any atom is 0.523 e. The summed E-state index contributed by atoms with van der Waals surface area (Å²) in [6, 6.07) is 0. The summed E-state index contributed by atoms with van der Waals surface area (Å²) in [5, 5.41) is 0. The van der Waals surface area contributed by atoms with Crippen LogP contribution in [-0.2, 0) is 19.1 Å². The van der Waals surface area contributed by atoms with Crippen molar-refractivity contribution in [1.29, 1.82) is 0 Å². The second kappa shape index (κ2) is 5.26. The zero-order chi connectivity index (χ0) is 12.1. The minimum Gasteiger partial charge on any atom is -0.295 e. The monoisotopic (exact) mass is 246 g/mol. The molecule has 0 aliphatic heterocycles. The molecule has 0 aromatic heterocycles. The van der Waals surface area contributed by atoms with Gasteiger partial charge in [-0.2, -0.15) is 21.6 Å². The van der Waals surface area contributed by atoms with Crippen LogP contribution in [0.4, 0.5) is 13.2 Å². The molecule has 0 saturated carbocycles. The zero-order valence-corrected chi connectivity index (χ0v) is 8.56. The van der Waals surface area contributed by atoms with Crippen LogP contribution in [0.3, 0.4) is 0 Å². The van der Waals surface area contributed by atoms with Gasteiger partial charge in [0.2, 0.25) is 0 Å². The van der Waals surface area contributed by atoms with Crippen molar-refractivity contribution in [3.8, 4) is 0 Å². The zero-order valence-electron chi connectivity index (χ0n) is 7.74. The predicted octanol–water partition coefficient (Wildman–Crippen LogP) is 1.39. The third-order valence-corrected chi connectivity index (χ3v) is 2.27. The number of allylic oxidation sites excluding steroid dienone is 1. The first-order valence-electron chi connectivity index (χ1n) is 3.85. The van der Waals surface area contributed by atoms with E-state index in [0.717, 1.165) is 12.2 Å². The molecule has 0 bridgehead atoms. The Labute approximate surface area is 84.8 Å². The Morgan fingerprint density at radius 1 is 1.40 bits per heavy atom. The van der Waals surface area contributed by atoms with E-state index in [4.69, 9.17) is 0 Å². The third kappa shape index (κ3) is 4.93. The van der Waals surface area contributed by atoms with Crippen LogP contribution < -0.4 is 0 Å². The average Bonchev–Trinajstić information content (AvgIpc) is 2.10. The number of alkyl halides is 3. The van der Waals surface area contributed by atoms with Gasteiger partial charge in [-0.05, 0) is 6.08 Å². The van der Waals surface area contributed by atoms with Crippen molar-refractivity contribution in [2.45, 2.75) is 18.9 Å². The smallest absolute Gasteiger partial charge is 0.295 e. The minimum atomic E-state index is -5.56.